The Morgan fingerprint density at radius 3 is 1.94 bits per heavy atom. The third kappa shape index (κ3) is 4.62. The summed E-state index contributed by atoms with van der Waals surface area (Å²) in [5.74, 6) is -2.47. The van der Waals surface area contributed by atoms with Gasteiger partial charge in [0.2, 0.25) is 17.7 Å². The number of amides is 3. The van der Waals surface area contributed by atoms with Crippen LogP contribution in [0.25, 0.3) is 11.1 Å². The lowest BCUT2D eigenvalue weighted by Gasteiger charge is -2.26. The van der Waals surface area contributed by atoms with Crippen LogP contribution in [0.15, 0.2) is 72.8 Å². The quantitative estimate of drug-likeness (QED) is 0.521. The van der Waals surface area contributed by atoms with Gasteiger partial charge in [0.1, 0.15) is 17.9 Å². The standard InChI is InChI=1S/C26H24FN3O3/c1-15(31)29-22(14-16-10-12-17(27)13-11-16)26(33)30-24(25(28)32)23-20-8-4-2-6-18(20)19-7-3-5-9-21(19)23/h2-13,22-24H,14H2,1H3,(H2,28,32)(H,29,31)(H,30,33)/t22-,24+/m0/s1. The van der Waals surface area contributed by atoms with Crippen molar-refractivity contribution in [3.63, 3.8) is 0 Å². The number of carbonyl (C=O) groups excluding carboxylic acids is 3. The molecule has 4 N–H and O–H groups in total. The summed E-state index contributed by atoms with van der Waals surface area (Å²) in [7, 11) is 0. The zero-order valence-electron chi connectivity index (χ0n) is 18.0. The van der Waals surface area contributed by atoms with Gasteiger partial charge in [-0.05, 0) is 39.9 Å². The van der Waals surface area contributed by atoms with Crippen molar-refractivity contribution in [3.8, 4) is 11.1 Å². The fourth-order valence-electron chi connectivity index (χ4n) is 4.44. The molecule has 2 atom stereocenters. The van der Waals surface area contributed by atoms with Gasteiger partial charge >= 0.3 is 0 Å². The molecule has 0 spiro atoms. The van der Waals surface area contributed by atoms with E-state index >= 15 is 0 Å². The molecule has 0 heterocycles. The molecule has 0 unspecified atom stereocenters. The zero-order valence-corrected chi connectivity index (χ0v) is 18.0. The van der Waals surface area contributed by atoms with Gasteiger partial charge in [-0.1, -0.05) is 60.7 Å². The van der Waals surface area contributed by atoms with E-state index in [0.717, 1.165) is 22.3 Å². The minimum atomic E-state index is -1.02. The number of rotatable bonds is 7. The van der Waals surface area contributed by atoms with E-state index in [1.54, 1.807) is 12.1 Å². The number of nitrogens with one attached hydrogen (secondary N) is 2. The van der Waals surface area contributed by atoms with Crippen molar-refractivity contribution in [2.45, 2.75) is 31.3 Å². The van der Waals surface area contributed by atoms with Crippen LogP contribution in [0.5, 0.6) is 0 Å². The monoisotopic (exact) mass is 445 g/mol. The first-order chi connectivity index (χ1) is 15.8. The Bertz CT molecular complexity index is 1160. The fourth-order valence-corrected chi connectivity index (χ4v) is 4.44. The Kier molecular flexibility index (Phi) is 6.22. The molecule has 168 valence electrons. The fraction of sp³-hybridized carbons (Fsp3) is 0.192. The van der Waals surface area contributed by atoms with Crippen molar-refractivity contribution in [2.24, 2.45) is 5.73 Å². The summed E-state index contributed by atoms with van der Waals surface area (Å²) in [6, 6.07) is 19.1. The van der Waals surface area contributed by atoms with Gasteiger partial charge in [0.25, 0.3) is 0 Å². The minimum absolute atomic E-state index is 0.134. The Morgan fingerprint density at radius 2 is 1.42 bits per heavy atom. The second kappa shape index (κ2) is 9.24. The highest BCUT2D eigenvalue weighted by Gasteiger charge is 2.38. The molecule has 3 aromatic rings. The summed E-state index contributed by atoms with van der Waals surface area (Å²) < 4.78 is 13.3. The van der Waals surface area contributed by atoms with E-state index in [4.69, 9.17) is 5.73 Å². The molecular weight excluding hydrogens is 421 g/mol. The maximum absolute atomic E-state index is 13.3. The number of nitrogens with two attached hydrogens (primary N) is 1. The summed E-state index contributed by atoms with van der Waals surface area (Å²) in [6.45, 7) is 1.31. The first-order valence-corrected chi connectivity index (χ1v) is 10.6. The van der Waals surface area contributed by atoms with Crippen LogP contribution < -0.4 is 16.4 Å². The SMILES string of the molecule is CC(=O)N[C@@H](Cc1ccc(F)cc1)C(=O)N[C@@H](C(N)=O)C1c2ccccc2-c2ccccc21. The van der Waals surface area contributed by atoms with Gasteiger partial charge < -0.3 is 16.4 Å². The highest BCUT2D eigenvalue weighted by molar-refractivity contribution is 5.94. The lowest BCUT2D eigenvalue weighted by atomic mass is 9.88. The summed E-state index contributed by atoms with van der Waals surface area (Å²) in [5.41, 5.74) is 10.2. The number of fused-ring (bicyclic) bond motifs is 3. The molecule has 0 aliphatic heterocycles. The Labute approximate surface area is 191 Å². The van der Waals surface area contributed by atoms with Crippen molar-refractivity contribution in [2.75, 3.05) is 0 Å². The molecule has 0 saturated heterocycles. The number of primary amides is 1. The predicted molar refractivity (Wildman–Crippen MR) is 123 cm³/mol. The third-order valence-electron chi connectivity index (χ3n) is 5.87. The molecule has 1 aliphatic rings. The molecule has 0 bridgehead atoms. The molecule has 33 heavy (non-hydrogen) atoms. The highest BCUT2D eigenvalue weighted by atomic mass is 19.1. The van der Waals surface area contributed by atoms with Crippen LogP contribution in [0.4, 0.5) is 4.39 Å². The molecule has 3 aromatic carbocycles. The van der Waals surface area contributed by atoms with Crippen LogP contribution in [0.1, 0.15) is 29.5 Å². The first kappa shape index (κ1) is 22.2. The summed E-state index contributed by atoms with van der Waals surface area (Å²) in [5, 5.41) is 5.39. The van der Waals surface area contributed by atoms with Crippen LogP contribution in [0.2, 0.25) is 0 Å². The van der Waals surface area contributed by atoms with Crippen LogP contribution in [0.3, 0.4) is 0 Å². The molecule has 0 fully saturated rings. The Hall–Kier alpha value is -4.00. The predicted octanol–water partition coefficient (Wildman–Crippen LogP) is 2.66. The second-order valence-corrected chi connectivity index (χ2v) is 8.12. The van der Waals surface area contributed by atoms with Crippen LogP contribution in [-0.2, 0) is 20.8 Å². The van der Waals surface area contributed by atoms with Crippen LogP contribution in [-0.4, -0.2) is 29.8 Å². The minimum Gasteiger partial charge on any atom is -0.368 e. The lowest BCUT2D eigenvalue weighted by molar-refractivity contribution is -0.131. The maximum atomic E-state index is 13.3. The molecule has 3 amide bonds. The normalized spacial score (nSPS) is 14.0. The number of hydrogen-bond acceptors (Lipinski definition) is 3. The average molecular weight is 445 g/mol. The molecular formula is C26H24FN3O3. The number of carbonyl (C=O) groups is 3. The van der Waals surface area contributed by atoms with E-state index in [2.05, 4.69) is 10.6 Å². The molecule has 0 radical (unpaired) electrons. The van der Waals surface area contributed by atoms with Crippen molar-refractivity contribution in [1.29, 1.82) is 0 Å². The lowest BCUT2D eigenvalue weighted by Crippen LogP contribution is -2.55. The van der Waals surface area contributed by atoms with Gasteiger partial charge in [0, 0.05) is 19.3 Å². The molecule has 1 aliphatic carbocycles. The summed E-state index contributed by atoms with van der Waals surface area (Å²) in [4.78, 5) is 37.6. The summed E-state index contributed by atoms with van der Waals surface area (Å²) >= 11 is 0. The molecule has 0 saturated carbocycles. The van der Waals surface area contributed by atoms with Crippen molar-refractivity contribution < 1.29 is 18.8 Å². The van der Waals surface area contributed by atoms with Crippen LogP contribution in [0, 0.1) is 5.82 Å². The Balaban J connectivity index is 1.64. The van der Waals surface area contributed by atoms with Gasteiger partial charge in [0.05, 0.1) is 0 Å². The second-order valence-electron chi connectivity index (χ2n) is 8.12. The maximum Gasteiger partial charge on any atom is 0.243 e. The van der Waals surface area contributed by atoms with Gasteiger partial charge in [-0.15, -0.1) is 0 Å². The largest absolute Gasteiger partial charge is 0.368 e. The zero-order chi connectivity index (χ0) is 23.5. The van der Waals surface area contributed by atoms with Gasteiger partial charge in [-0.3, -0.25) is 14.4 Å². The van der Waals surface area contributed by atoms with Crippen molar-refractivity contribution in [1.82, 2.24) is 10.6 Å². The molecule has 0 aromatic heterocycles. The topological polar surface area (TPSA) is 101 Å². The third-order valence-corrected chi connectivity index (χ3v) is 5.87. The number of hydrogen-bond donors (Lipinski definition) is 3. The van der Waals surface area contributed by atoms with E-state index in [1.807, 2.05) is 48.5 Å². The summed E-state index contributed by atoms with van der Waals surface area (Å²) in [6.07, 6.45) is 0.134. The van der Waals surface area contributed by atoms with Gasteiger partial charge in [0.15, 0.2) is 0 Å². The van der Waals surface area contributed by atoms with Gasteiger partial charge in [-0.2, -0.15) is 0 Å². The first-order valence-electron chi connectivity index (χ1n) is 10.6. The molecule has 6 nitrogen and oxygen atoms in total. The van der Waals surface area contributed by atoms with E-state index in [0.29, 0.717) is 5.56 Å². The number of benzene rings is 3. The average Bonchev–Trinajstić information content (AvgIpc) is 3.12. The number of halogens is 1. The van der Waals surface area contributed by atoms with E-state index in [1.165, 1.54) is 19.1 Å². The highest BCUT2D eigenvalue weighted by Crippen LogP contribution is 2.46. The Morgan fingerprint density at radius 1 is 0.879 bits per heavy atom. The molecule has 7 heteroatoms. The smallest absolute Gasteiger partial charge is 0.243 e. The van der Waals surface area contributed by atoms with Crippen molar-refractivity contribution >= 4 is 17.7 Å². The van der Waals surface area contributed by atoms with E-state index in [-0.39, 0.29) is 6.42 Å². The van der Waals surface area contributed by atoms with E-state index in [9.17, 15) is 18.8 Å². The van der Waals surface area contributed by atoms with Crippen LogP contribution >= 0.6 is 0 Å². The van der Waals surface area contributed by atoms with Crippen molar-refractivity contribution in [3.05, 3.63) is 95.3 Å². The molecule has 4 rings (SSSR count). The van der Waals surface area contributed by atoms with Gasteiger partial charge in [-0.25, -0.2) is 4.39 Å². The van der Waals surface area contributed by atoms with E-state index < -0.39 is 41.5 Å².